The first-order valence-corrected chi connectivity index (χ1v) is 8.44. The standard InChI is InChI=1S/C22H16N2O3/c25-20-17-8-4-5-9-18(17)24-22(27)19(20)21(26)23-16-12-10-15(11-13-16)14-6-2-1-3-7-14/h1-13H,(H,23,26)(H2,24,25,27). The molecule has 4 rings (SSSR count). The molecule has 1 aromatic heterocycles. The highest BCUT2D eigenvalue weighted by molar-refractivity contribution is 6.09. The van der Waals surface area contributed by atoms with Crippen LogP contribution in [0.4, 0.5) is 5.69 Å². The lowest BCUT2D eigenvalue weighted by Crippen LogP contribution is -2.23. The third-order valence-electron chi connectivity index (χ3n) is 4.37. The Bertz CT molecular complexity index is 1180. The normalized spacial score (nSPS) is 10.7. The Morgan fingerprint density at radius 2 is 1.44 bits per heavy atom. The summed E-state index contributed by atoms with van der Waals surface area (Å²) in [6.07, 6.45) is 0. The Morgan fingerprint density at radius 1 is 0.815 bits per heavy atom. The molecule has 0 saturated heterocycles. The summed E-state index contributed by atoms with van der Waals surface area (Å²) in [5.41, 5.74) is 2.15. The fourth-order valence-electron chi connectivity index (χ4n) is 3.01. The summed E-state index contributed by atoms with van der Waals surface area (Å²) in [7, 11) is 0. The van der Waals surface area contributed by atoms with Gasteiger partial charge in [0.1, 0.15) is 11.3 Å². The van der Waals surface area contributed by atoms with Gasteiger partial charge < -0.3 is 15.4 Å². The van der Waals surface area contributed by atoms with Crippen LogP contribution in [0.15, 0.2) is 83.7 Å². The van der Waals surface area contributed by atoms with Crippen molar-refractivity contribution < 1.29 is 9.90 Å². The minimum atomic E-state index is -0.660. The Labute approximate surface area is 154 Å². The predicted octanol–water partition coefficient (Wildman–Crippen LogP) is 4.15. The molecule has 0 fully saturated rings. The number of hydrogen-bond acceptors (Lipinski definition) is 3. The molecule has 1 heterocycles. The van der Waals surface area contributed by atoms with E-state index >= 15 is 0 Å². The molecule has 0 aliphatic heterocycles. The second-order valence-corrected chi connectivity index (χ2v) is 6.12. The number of anilines is 1. The Hall–Kier alpha value is -3.86. The molecular weight excluding hydrogens is 340 g/mol. The van der Waals surface area contributed by atoms with Gasteiger partial charge in [0, 0.05) is 11.1 Å². The quantitative estimate of drug-likeness (QED) is 0.516. The number of carbonyl (C=O) groups excluding carboxylic acids is 1. The lowest BCUT2D eigenvalue weighted by molar-refractivity contribution is 0.102. The van der Waals surface area contributed by atoms with Crippen LogP contribution < -0.4 is 10.9 Å². The van der Waals surface area contributed by atoms with Gasteiger partial charge in [-0.1, -0.05) is 54.6 Å². The van der Waals surface area contributed by atoms with E-state index in [4.69, 9.17) is 0 Å². The van der Waals surface area contributed by atoms with Crippen molar-refractivity contribution in [3.05, 3.63) is 94.8 Å². The summed E-state index contributed by atoms with van der Waals surface area (Å²) in [6.45, 7) is 0. The third-order valence-corrected chi connectivity index (χ3v) is 4.37. The zero-order valence-corrected chi connectivity index (χ0v) is 14.3. The highest BCUT2D eigenvalue weighted by Gasteiger charge is 2.19. The molecule has 0 aliphatic rings. The van der Waals surface area contributed by atoms with Crippen molar-refractivity contribution in [3.8, 4) is 16.9 Å². The summed E-state index contributed by atoms with van der Waals surface area (Å²) >= 11 is 0. The molecule has 0 saturated carbocycles. The molecule has 3 N–H and O–H groups in total. The number of aromatic nitrogens is 1. The van der Waals surface area contributed by atoms with Crippen molar-refractivity contribution in [2.75, 3.05) is 5.32 Å². The van der Waals surface area contributed by atoms with Crippen molar-refractivity contribution >= 4 is 22.5 Å². The second kappa shape index (κ2) is 6.80. The average Bonchev–Trinajstić information content (AvgIpc) is 2.69. The number of nitrogens with one attached hydrogen (secondary N) is 2. The van der Waals surface area contributed by atoms with E-state index in [1.165, 1.54) is 0 Å². The van der Waals surface area contributed by atoms with Crippen molar-refractivity contribution in [2.45, 2.75) is 0 Å². The van der Waals surface area contributed by atoms with Gasteiger partial charge in [0.2, 0.25) is 0 Å². The van der Waals surface area contributed by atoms with E-state index in [-0.39, 0.29) is 11.3 Å². The number of H-pyrrole nitrogens is 1. The van der Waals surface area contributed by atoms with Crippen LogP contribution in [-0.4, -0.2) is 16.0 Å². The molecule has 5 heteroatoms. The van der Waals surface area contributed by atoms with Gasteiger partial charge in [-0.2, -0.15) is 0 Å². The van der Waals surface area contributed by atoms with Crippen LogP contribution in [-0.2, 0) is 0 Å². The first-order valence-electron chi connectivity index (χ1n) is 8.44. The number of rotatable bonds is 3. The van der Waals surface area contributed by atoms with Gasteiger partial charge >= 0.3 is 0 Å². The van der Waals surface area contributed by atoms with Crippen LogP contribution in [0, 0.1) is 0 Å². The van der Waals surface area contributed by atoms with Crippen molar-refractivity contribution in [3.63, 3.8) is 0 Å². The molecule has 0 radical (unpaired) electrons. The molecule has 0 bridgehead atoms. The third kappa shape index (κ3) is 3.18. The Morgan fingerprint density at radius 3 is 2.19 bits per heavy atom. The monoisotopic (exact) mass is 356 g/mol. The van der Waals surface area contributed by atoms with E-state index in [1.807, 2.05) is 42.5 Å². The van der Waals surface area contributed by atoms with Crippen LogP contribution in [0.5, 0.6) is 5.75 Å². The van der Waals surface area contributed by atoms with E-state index < -0.39 is 11.5 Å². The number of fused-ring (bicyclic) bond motifs is 1. The maximum Gasteiger partial charge on any atom is 0.265 e. The molecule has 1 amide bonds. The van der Waals surface area contributed by atoms with Gasteiger partial charge in [0.05, 0.1) is 5.52 Å². The minimum absolute atomic E-state index is 0.305. The Balaban J connectivity index is 1.63. The van der Waals surface area contributed by atoms with Crippen LogP contribution in [0.2, 0.25) is 0 Å². The predicted molar refractivity (Wildman–Crippen MR) is 106 cm³/mol. The molecule has 4 aromatic rings. The molecular formula is C22H16N2O3. The number of amides is 1. The SMILES string of the molecule is O=C(Nc1ccc(-c2ccccc2)cc1)c1c(O)c2ccccc2[nH]c1=O. The average molecular weight is 356 g/mol. The van der Waals surface area contributed by atoms with Gasteiger partial charge in [-0.05, 0) is 35.4 Å². The molecule has 132 valence electrons. The number of aromatic hydroxyl groups is 1. The van der Waals surface area contributed by atoms with Crippen LogP contribution in [0.3, 0.4) is 0 Å². The summed E-state index contributed by atoms with van der Waals surface area (Å²) in [5.74, 6) is -0.986. The fourth-order valence-corrected chi connectivity index (χ4v) is 3.01. The maximum absolute atomic E-state index is 12.6. The van der Waals surface area contributed by atoms with Crippen LogP contribution in [0.25, 0.3) is 22.0 Å². The first-order chi connectivity index (χ1) is 13.1. The van der Waals surface area contributed by atoms with E-state index in [9.17, 15) is 14.7 Å². The van der Waals surface area contributed by atoms with Crippen LogP contribution >= 0.6 is 0 Å². The number of para-hydroxylation sites is 1. The summed E-state index contributed by atoms with van der Waals surface area (Å²) in [4.78, 5) is 27.4. The highest BCUT2D eigenvalue weighted by atomic mass is 16.3. The topological polar surface area (TPSA) is 82.2 Å². The van der Waals surface area contributed by atoms with Gasteiger partial charge in [-0.25, -0.2) is 0 Å². The van der Waals surface area contributed by atoms with Gasteiger partial charge in [-0.3, -0.25) is 9.59 Å². The summed E-state index contributed by atoms with van der Waals surface area (Å²) < 4.78 is 0. The van der Waals surface area contributed by atoms with Crippen molar-refractivity contribution in [2.24, 2.45) is 0 Å². The minimum Gasteiger partial charge on any atom is -0.506 e. The number of benzene rings is 3. The van der Waals surface area contributed by atoms with Crippen molar-refractivity contribution in [1.82, 2.24) is 4.98 Å². The maximum atomic E-state index is 12.6. The number of pyridine rings is 1. The molecule has 0 unspecified atom stereocenters. The molecule has 3 aromatic carbocycles. The largest absolute Gasteiger partial charge is 0.506 e. The molecule has 0 atom stereocenters. The molecule has 5 nitrogen and oxygen atoms in total. The van der Waals surface area contributed by atoms with Gasteiger partial charge in [0.25, 0.3) is 11.5 Å². The number of aromatic amines is 1. The second-order valence-electron chi connectivity index (χ2n) is 6.12. The van der Waals surface area contributed by atoms with Crippen molar-refractivity contribution in [1.29, 1.82) is 0 Å². The van der Waals surface area contributed by atoms with Gasteiger partial charge in [0.15, 0.2) is 0 Å². The zero-order chi connectivity index (χ0) is 18.8. The Kier molecular flexibility index (Phi) is 4.18. The van der Waals surface area contributed by atoms with E-state index in [0.717, 1.165) is 11.1 Å². The molecule has 0 spiro atoms. The summed E-state index contributed by atoms with van der Waals surface area (Å²) in [6, 6.07) is 23.9. The highest BCUT2D eigenvalue weighted by Crippen LogP contribution is 2.26. The first kappa shape index (κ1) is 16.6. The smallest absolute Gasteiger partial charge is 0.265 e. The number of hydrogen-bond donors (Lipinski definition) is 3. The lowest BCUT2D eigenvalue weighted by Gasteiger charge is -2.09. The van der Waals surface area contributed by atoms with E-state index in [1.54, 1.807) is 36.4 Å². The summed E-state index contributed by atoms with van der Waals surface area (Å²) in [5, 5.41) is 13.5. The van der Waals surface area contributed by atoms with E-state index in [2.05, 4.69) is 10.3 Å². The molecule has 0 aliphatic carbocycles. The lowest BCUT2D eigenvalue weighted by atomic mass is 10.1. The fraction of sp³-hybridized carbons (Fsp3) is 0. The number of carbonyl (C=O) groups is 1. The van der Waals surface area contributed by atoms with Crippen LogP contribution in [0.1, 0.15) is 10.4 Å². The molecule has 27 heavy (non-hydrogen) atoms. The van der Waals surface area contributed by atoms with E-state index in [0.29, 0.717) is 16.6 Å². The zero-order valence-electron chi connectivity index (χ0n) is 14.3. The van der Waals surface area contributed by atoms with Gasteiger partial charge in [-0.15, -0.1) is 0 Å².